The molecule has 1 aromatic carbocycles. The van der Waals surface area contributed by atoms with Gasteiger partial charge in [-0.1, -0.05) is 30.3 Å². The molecule has 2 amide bonds. The summed E-state index contributed by atoms with van der Waals surface area (Å²) < 4.78 is 11.1. The monoisotopic (exact) mass is 358 g/mol. The molecule has 0 aromatic heterocycles. The van der Waals surface area contributed by atoms with Crippen LogP contribution in [0.15, 0.2) is 36.4 Å². The number of benzene rings is 1. The molecule has 2 heterocycles. The molecule has 2 fully saturated rings. The van der Waals surface area contributed by atoms with E-state index in [0.717, 1.165) is 18.4 Å². The zero-order valence-electron chi connectivity index (χ0n) is 15.1. The van der Waals surface area contributed by atoms with Crippen LogP contribution in [0.2, 0.25) is 0 Å². The summed E-state index contributed by atoms with van der Waals surface area (Å²) in [5, 5.41) is 2.75. The Morgan fingerprint density at radius 3 is 2.46 bits per heavy atom. The predicted molar refractivity (Wildman–Crippen MR) is 98.1 cm³/mol. The first-order chi connectivity index (χ1) is 12.6. The summed E-state index contributed by atoms with van der Waals surface area (Å²) in [6.07, 6.45) is 4.81. The van der Waals surface area contributed by atoms with Crippen molar-refractivity contribution in [3.63, 3.8) is 0 Å². The van der Waals surface area contributed by atoms with E-state index >= 15 is 0 Å². The van der Waals surface area contributed by atoms with Crippen LogP contribution in [-0.4, -0.2) is 55.3 Å². The second-order valence-corrected chi connectivity index (χ2v) is 6.75. The SMILES string of the molecule is CC(NC(=O)/C=C/c1ccccc1)C(=O)N1CCC(C2OCCO2)CC1. The van der Waals surface area contributed by atoms with Crippen molar-refractivity contribution in [2.45, 2.75) is 32.1 Å². The molecular formula is C20H26N2O4. The van der Waals surface area contributed by atoms with Crippen LogP contribution in [0.25, 0.3) is 6.08 Å². The quantitative estimate of drug-likeness (QED) is 0.816. The van der Waals surface area contributed by atoms with Crippen LogP contribution in [0.5, 0.6) is 0 Å². The van der Waals surface area contributed by atoms with Crippen molar-refractivity contribution in [3.8, 4) is 0 Å². The maximum atomic E-state index is 12.6. The number of hydrogen-bond acceptors (Lipinski definition) is 4. The maximum absolute atomic E-state index is 12.6. The Morgan fingerprint density at radius 1 is 1.15 bits per heavy atom. The third kappa shape index (κ3) is 4.93. The fourth-order valence-corrected chi connectivity index (χ4v) is 3.37. The van der Waals surface area contributed by atoms with Crippen molar-refractivity contribution in [2.24, 2.45) is 5.92 Å². The molecule has 2 saturated heterocycles. The first kappa shape index (κ1) is 18.6. The first-order valence-corrected chi connectivity index (χ1v) is 9.19. The van der Waals surface area contributed by atoms with Crippen LogP contribution in [-0.2, 0) is 19.1 Å². The van der Waals surface area contributed by atoms with Crippen molar-refractivity contribution in [3.05, 3.63) is 42.0 Å². The van der Waals surface area contributed by atoms with Gasteiger partial charge < -0.3 is 19.7 Å². The largest absolute Gasteiger partial charge is 0.350 e. The summed E-state index contributed by atoms with van der Waals surface area (Å²) in [5.41, 5.74) is 0.944. The average molecular weight is 358 g/mol. The Bertz CT molecular complexity index is 632. The highest BCUT2D eigenvalue weighted by atomic mass is 16.7. The van der Waals surface area contributed by atoms with Gasteiger partial charge in [0.2, 0.25) is 11.8 Å². The second-order valence-electron chi connectivity index (χ2n) is 6.75. The van der Waals surface area contributed by atoms with E-state index in [0.29, 0.717) is 32.2 Å². The van der Waals surface area contributed by atoms with Crippen molar-refractivity contribution in [1.82, 2.24) is 10.2 Å². The summed E-state index contributed by atoms with van der Waals surface area (Å²) in [6.45, 7) is 4.39. The molecule has 1 N–H and O–H groups in total. The van der Waals surface area contributed by atoms with Gasteiger partial charge in [-0.25, -0.2) is 0 Å². The summed E-state index contributed by atoms with van der Waals surface area (Å²) in [4.78, 5) is 26.4. The molecule has 2 aliphatic rings. The molecule has 1 aromatic rings. The van der Waals surface area contributed by atoms with Crippen LogP contribution in [0.1, 0.15) is 25.3 Å². The van der Waals surface area contributed by atoms with E-state index in [2.05, 4.69) is 5.32 Å². The molecule has 0 saturated carbocycles. The normalized spacial score (nSPS) is 20.4. The second kappa shape index (κ2) is 8.96. The lowest BCUT2D eigenvalue weighted by atomic mass is 9.96. The summed E-state index contributed by atoms with van der Waals surface area (Å²) in [5.74, 6) is 0.0377. The third-order valence-corrected chi connectivity index (χ3v) is 4.84. The Morgan fingerprint density at radius 2 is 1.81 bits per heavy atom. The standard InChI is InChI=1S/C20H26N2O4/c1-15(21-18(23)8-7-16-5-3-2-4-6-16)19(24)22-11-9-17(10-12-22)20-25-13-14-26-20/h2-8,15,17,20H,9-14H2,1H3,(H,21,23)/b8-7+. The van der Waals surface area contributed by atoms with Crippen LogP contribution in [0.3, 0.4) is 0 Å². The van der Waals surface area contributed by atoms with E-state index in [-0.39, 0.29) is 18.1 Å². The van der Waals surface area contributed by atoms with Crippen LogP contribution in [0.4, 0.5) is 0 Å². The number of nitrogens with one attached hydrogen (secondary N) is 1. The van der Waals surface area contributed by atoms with Gasteiger partial charge in [0.05, 0.1) is 13.2 Å². The maximum Gasteiger partial charge on any atom is 0.244 e. The fourth-order valence-electron chi connectivity index (χ4n) is 3.37. The third-order valence-electron chi connectivity index (χ3n) is 4.84. The van der Waals surface area contributed by atoms with Gasteiger partial charge in [-0.05, 0) is 31.4 Å². The first-order valence-electron chi connectivity index (χ1n) is 9.19. The molecule has 0 radical (unpaired) electrons. The van der Waals surface area contributed by atoms with Crippen LogP contribution < -0.4 is 5.32 Å². The van der Waals surface area contributed by atoms with Crippen molar-refractivity contribution in [1.29, 1.82) is 0 Å². The minimum atomic E-state index is -0.543. The summed E-state index contributed by atoms with van der Waals surface area (Å²) >= 11 is 0. The van der Waals surface area contributed by atoms with E-state index < -0.39 is 6.04 Å². The number of amides is 2. The van der Waals surface area contributed by atoms with E-state index in [4.69, 9.17) is 9.47 Å². The Kier molecular flexibility index (Phi) is 6.41. The number of carbonyl (C=O) groups is 2. The number of rotatable bonds is 5. The predicted octanol–water partition coefficient (Wildman–Crippen LogP) is 1.82. The lowest BCUT2D eigenvalue weighted by Gasteiger charge is -2.35. The van der Waals surface area contributed by atoms with Crippen molar-refractivity contribution < 1.29 is 19.1 Å². The highest BCUT2D eigenvalue weighted by Crippen LogP contribution is 2.26. The number of carbonyl (C=O) groups excluding carboxylic acids is 2. The molecule has 0 bridgehead atoms. The lowest BCUT2D eigenvalue weighted by Crippen LogP contribution is -2.50. The minimum Gasteiger partial charge on any atom is -0.350 e. The topological polar surface area (TPSA) is 67.9 Å². The molecule has 0 spiro atoms. The van der Waals surface area contributed by atoms with E-state index in [1.54, 1.807) is 13.0 Å². The zero-order chi connectivity index (χ0) is 18.4. The molecule has 140 valence electrons. The van der Waals surface area contributed by atoms with Gasteiger partial charge >= 0.3 is 0 Å². The van der Waals surface area contributed by atoms with Crippen molar-refractivity contribution >= 4 is 17.9 Å². The molecule has 2 aliphatic heterocycles. The molecule has 1 atom stereocenters. The number of nitrogens with zero attached hydrogens (tertiary/aromatic N) is 1. The molecule has 6 heteroatoms. The molecule has 1 unspecified atom stereocenters. The van der Waals surface area contributed by atoms with Gasteiger partial charge in [-0.3, -0.25) is 9.59 Å². The highest BCUT2D eigenvalue weighted by Gasteiger charge is 2.32. The van der Waals surface area contributed by atoms with Gasteiger partial charge in [-0.15, -0.1) is 0 Å². The van der Waals surface area contributed by atoms with Gasteiger partial charge in [0.1, 0.15) is 6.04 Å². The van der Waals surface area contributed by atoms with Gasteiger partial charge in [0.25, 0.3) is 0 Å². The highest BCUT2D eigenvalue weighted by molar-refractivity contribution is 5.95. The van der Waals surface area contributed by atoms with Crippen LogP contribution >= 0.6 is 0 Å². The summed E-state index contributed by atoms with van der Waals surface area (Å²) in [6, 6.07) is 9.04. The van der Waals surface area contributed by atoms with Crippen LogP contribution in [0, 0.1) is 5.92 Å². The van der Waals surface area contributed by atoms with Gasteiger partial charge in [-0.2, -0.15) is 0 Å². The molecule has 0 aliphatic carbocycles. The smallest absolute Gasteiger partial charge is 0.244 e. The van der Waals surface area contributed by atoms with E-state index in [1.165, 1.54) is 6.08 Å². The summed E-state index contributed by atoms with van der Waals surface area (Å²) in [7, 11) is 0. The Labute approximate surface area is 154 Å². The Hall–Kier alpha value is -2.18. The zero-order valence-corrected chi connectivity index (χ0v) is 15.1. The molecule has 26 heavy (non-hydrogen) atoms. The van der Waals surface area contributed by atoms with Gasteiger partial charge in [0.15, 0.2) is 6.29 Å². The number of likely N-dealkylation sites (tertiary alicyclic amines) is 1. The Balaban J connectivity index is 1.44. The van der Waals surface area contributed by atoms with E-state index in [9.17, 15) is 9.59 Å². The van der Waals surface area contributed by atoms with E-state index in [1.807, 2.05) is 35.2 Å². The number of piperidine rings is 1. The minimum absolute atomic E-state index is 0.0434. The fraction of sp³-hybridized carbons (Fsp3) is 0.500. The number of hydrogen-bond donors (Lipinski definition) is 1. The number of ether oxygens (including phenoxy) is 2. The lowest BCUT2D eigenvalue weighted by molar-refractivity contribution is -0.140. The molecular weight excluding hydrogens is 332 g/mol. The molecule has 3 rings (SSSR count). The van der Waals surface area contributed by atoms with Crippen molar-refractivity contribution in [2.75, 3.05) is 26.3 Å². The van der Waals surface area contributed by atoms with Gasteiger partial charge in [0, 0.05) is 25.1 Å². The molecule has 6 nitrogen and oxygen atoms in total. The average Bonchev–Trinajstić information content (AvgIpc) is 3.21.